The van der Waals surface area contributed by atoms with Gasteiger partial charge in [-0.15, -0.1) is 0 Å². The molecular formula is C14H19N3O4. The lowest BCUT2D eigenvalue weighted by Crippen LogP contribution is -2.38. The number of hydrogen-bond donors (Lipinski definition) is 3. The average molecular weight is 293 g/mol. The molecule has 0 aliphatic carbocycles. The minimum absolute atomic E-state index is 0.0880. The highest BCUT2D eigenvalue weighted by atomic mass is 16.5. The molecule has 0 radical (unpaired) electrons. The molecule has 0 saturated carbocycles. The minimum Gasteiger partial charge on any atom is -0.467 e. The zero-order valence-corrected chi connectivity index (χ0v) is 12.0. The summed E-state index contributed by atoms with van der Waals surface area (Å²) in [6, 6.07) is 3.00. The summed E-state index contributed by atoms with van der Waals surface area (Å²) in [5.41, 5.74) is 1.84. The number of carbonyl (C=O) groups excluding carboxylic acids is 1. The van der Waals surface area contributed by atoms with Crippen LogP contribution >= 0.6 is 0 Å². The van der Waals surface area contributed by atoms with Gasteiger partial charge in [0.2, 0.25) is 0 Å². The number of aliphatic hydroxyl groups is 1. The number of rotatable bonds is 6. The van der Waals surface area contributed by atoms with Gasteiger partial charge in [-0.2, -0.15) is 0 Å². The third kappa shape index (κ3) is 4.09. The Bertz CT molecular complexity index is 558. The predicted octanol–water partition coefficient (Wildman–Crippen LogP) is 1.46. The number of nitrogens with zero attached hydrogens (tertiary/aromatic N) is 1. The van der Waals surface area contributed by atoms with Crippen LogP contribution in [0.4, 0.5) is 4.79 Å². The summed E-state index contributed by atoms with van der Waals surface area (Å²) in [5.74, 6) is 1.19. The summed E-state index contributed by atoms with van der Waals surface area (Å²) in [7, 11) is 0. The van der Waals surface area contributed by atoms with Gasteiger partial charge in [-0.25, -0.2) is 4.79 Å². The first-order valence-electron chi connectivity index (χ1n) is 6.73. The molecule has 0 bridgehead atoms. The van der Waals surface area contributed by atoms with Gasteiger partial charge in [-0.1, -0.05) is 5.16 Å². The Labute approximate surface area is 122 Å². The van der Waals surface area contributed by atoms with Crippen LogP contribution < -0.4 is 10.6 Å². The highest BCUT2D eigenvalue weighted by Crippen LogP contribution is 2.12. The number of urea groups is 1. The van der Waals surface area contributed by atoms with Crippen molar-refractivity contribution in [3.05, 3.63) is 41.2 Å². The van der Waals surface area contributed by atoms with Gasteiger partial charge >= 0.3 is 6.03 Å². The molecule has 114 valence electrons. The highest BCUT2D eigenvalue weighted by molar-refractivity contribution is 5.73. The number of hydrogen-bond acceptors (Lipinski definition) is 5. The van der Waals surface area contributed by atoms with E-state index in [4.69, 9.17) is 8.94 Å². The number of aliphatic hydroxyl groups excluding tert-OH is 1. The van der Waals surface area contributed by atoms with Gasteiger partial charge in [0.25, 0.3) is 0 Å². The highest BCUT2D eigenvalue weighted by Gasteiger charge is 2.12. The first kappa shape index (κ1) is 15.1. The molecule has 0 aliphatic heterocycles. The fourth-order valence-corrected chi connectivity index (χ4v) is 1.99. The number of aryl methyl sites for hydroxylation is 2. The van der Waals surface area contributed by atoms with Crippen LogP contribution in [-0.2, 0) is 6.42 Å². The summed E-state index contributed by atoms with van der Waals surface area (Å²) in [6.07, 6.45) is 1.27. The lowest BCUT2D eigenvalue weighted by atomic mass is 10.1. The van der Waals surface area contributed by atoms with Gasteiger partial charge < -0.3 is 24.7 Å². The number of aromatic nitrogens is 1. The fourth-order valence-electron chi connectivity index (χ4n) is 1.99. The van der Waals surface area contributed by atoms with E-state index in [1.165, 1.54) is 6.26 Å². The van der Waals surface area contributed by atoms with Crippen molar-refractivity contribution in [2.75, 3.05) is 13.1 Å². The lowest BCUT2D eigenvalue weighted by Gasteiger charge is -2.10. The summed E-state index contributed by atoms with van der Waals surface area (Å²) < 4.78 is 10.1. The normalized spacial score (nSPS) is 12.1. The summed E-state index contributed by atoms with van der Waals surface area (Å²) in [5, 5.41) is 18.9. The van der Waals surface area contributed by atoms with Crippen molar-refractivity contribution in [2.24, 2.45) is 0 Å². The maximum Gasteiger partial charge on any atom is 0.314 e. The van der Waals surface area contributed by atoms with Crippen LogP contribution in [0.3, 0.4) is 0 Å². The van der Waals surface area contributed by atoms with E-state index in [-0.39, 0.29) is 12.6 Å². The van der Waals surface area contributed by atoms with Crippen molar-refractivity contribution < 1.29 is 18.8 Å². The first-order valence-corrected chi connectivity index (χ1v) is 6.73. The van der Waals surface area contributed by atoms with Crippen LogP contribution in [0.5, 0.6) is 0 Å². The Kier molecular flexibility index (Phi) is 4.99. The minimum atomic E-state index is -0.853. The van der Waals surface area contributed by atoms with Crippen molar-refractivity contribution in [1.82, 2.24) is 15.8 Å². The van der Waals surface area contributed by atoms with E-state index in [0.717, 1.165) is 17.0 Å². The van der Waals surface area contributed by atoms with Crippen LogP contribution in [0.15, 0.2) is 27.3 Å². The van der Waals surface area contributed by atoms with Crippen molar-refractivity contribution in [2.45, 2.75) is 26.4 Å². The molecule has 2 rings (SSSR count). The smallest absolute Gasteiger partial charge is 0.314 e. The molecule has 2 aromatic rings. The number of carbonyl (C=O) groups is 1. The molecule has 0 aliphatic rings. The maximum absolute atomic E-state index is 11.6. The van der Waals surface area contributed by atoms with Gasteiger partial charge in [-0.3, -0.25) is 0 Å². The van der Waals surface area contributed by atoms with Crippen molar-refractivity contribution >= 4 is 6.03 Å². The summed E-state index contributed by atoms with van der Waals surface area (Å²) in [4.78, 5) is 11.6. The maximum atomic E-state index is 11.6. The molecule has 21 heavy (non-hydrogen) atoms. The van der Waals surface area contributed by atoms with E-state index in [1.807, 2.05) is 13.8 Å². The molecular weight excluding hydrogens is 274 g/mol. The van der Waals surface area contributed by atoms with Crippen LogP contribution in [-0.4, -0.2) is 29.4 Å². The Hall–Kier alpha value is -2.28. The molecule has 0 fully saturated rings. The molecule has 3 N–H and O–H groups in total. The summed E-state index contributed by atoms with van der Waals surface area (Å²) in [6.45, 7) is 4.26. The van der Waals surface area contributed by atoms with Crippen molar-refractivity contribution in [3.8, 4) is 0 Å². The standard InChI is InChI=1S/C14H19N3O4/c1-9-11(10(2)21-17-9)5-6-15-14(19)16-8-12(18)13-4-3-7-20-13/h3-4,7,12,18H,5-6,8H2,1-2H3,(H2,15,16,19). The Morgan fingerprint density at radius 1 is 1.43 bits per heavy atom. The second kappa shape index (κ2) is 6.94. The zero-order valence-electron chi connectivity index (χ0n) is 12.0. The quantitative estimate of drug-likeness (QED) is 0.748. The lowest BCUT2D eigenvalue weighted by molar-refractivity contribution is 0.148. The van der Waals surface area contributed by atoms with Crippen LogP contribution in [0.1, 0.15) is 28.9 Å². The average Bonchev–Trinajstić information content (AvgIpc) is 3.09. The molecule has 1 unspecified atom stereocenters. The van der Waals surface area contributed by atoms with E-state index in [0.29, 0.717) is 18.7 Å². The van der Waals surface area contributed by atoms with Crippen LogP contribution in [0.25, 0.3) is 0 Å². The first-order chi connectivity index (χ1) is 10.1. The number of amides is 2. The van der Waals surface area contributed by atoms with Crippen LogP contribution in [0.2, 0.25) is 0 Å². The Morgan fingerprint density at radius 3 is 2.86 bits per heavy atom. The number of furan rings is 1. The summed E-state index contributed by atoms with van der Waals surface area (Å²) >= 11 is 0. The fraction of sp³-hybridized carbons (Fsp3) is 0.429. The molecule has 0 aromatic carbocycles. The molecule has 7 nitrogen and oxygen atoms in total. The monoisotopic (exact) mass is 293 g/mol. The van der Waals surface area contributed by atoms with Gasteiger partial charge in [0, 0.05) is 12.1 Å². The largest absolute Gasteiger partial charge is 0.467 e. The van der Waals surface area contributed by atoms with Gasteiger partial charge in [0.1, 0.15) is 17.6 Å². The third-order valence-electron chi connectivity index (χ3n) is 3.17. The second-order valence-electron chi connectivity index (χ2n) is 4.72. The van der Waals surface area contributed by atoms with E-state index in [2.05, 4.69) is 15.8 Å². The van der Waals surface area contributed by atoms with E-state index in [9.17, 15) is 9.90 Å². The van der Waals surface area contributed by atoms with Crippen molar-refractivity contribution in [3.63, 3.8) is 0 Å². The predicted molar refractivity (Wildman–Crippen MR) is 74.8 cm³/mol. The molecule has 2 amide bonds. The van der Waals surface area contributed by atoms with Crippen molar-refractivity contribution in [1.29, 1.82) is 0 Å². The van der Waals surface area contributed by atoms with Gasteiger partial charge in [0.05, 0.1) is 18.5 Å². The zero-order chi connectivity index (χ0) is 15.2. The SMILES string of the molecule is Cc1noc(C)c1CCNC(=O)NCC(O)c1ccco1. The van der Waals surface area contributed by atoms with Gasteiger partial charge in [-0.05, 0) is 32.4 Å². The van der Waals surface area contributed by atoms with E-state index >= 15 is 0 Å². The molecule has 0 spiro atoms. The second-order valence-corrected chi connectivity index (χ2v) is 4.72. The van der Waals surface area contributed by atoms with E-state index < -0.39 is 6.10 Å². The van der Waals surface area contributed by atoms with Crippen LogP contribution in [0, 0.1) is 13.8 Å². The van der Waals surface area contributed by atoms with E-state index in [1.54, 1.807) is 12.1 Å². The molecule has 2 aromatic heterocycles. The molecule has 1 atom stereocenters. The molecule has 0 saturated heterocycles. The van der Waals surface area contributed by atoms with Gasteiger partial charge in [0.15, 0.2) is 0 Å². The Balaban J connectivity index is 1.68. The molecule has 2 heterocycles. The number of nitrogens with one attached hydrogen (secondary N) is 2. The molecule has 7 heteroatoms. The Morgan fingerprint density at radius 2 is 2.24 bits per heavy atom. The third-order valence-corrected chi connectivity index (χ3v) is 3.17. The topological polar surface area (TPSA) is 101 Å².